The molecule has 0 saturated carbocycles. The van der Waals surface area contributed by atoms with E-state index in [1.165, 1.54) is 0 Å². The SMILES string of the molecule is O=S(O)O.[H-].[Na+].[Ru]. The van der Waals surface area contributed by atoms with Crippen LogP contribution in [0.4, 0.5) is 0 Å². The zero-order chi connectivity index (χ0) is 3.58. The van der Waals surface area contributed by atoms with Crippen LogP contribution in [0.1, 0.15) is 1.43 Å². The van der Waals surface area contributed by atoms with Crippen molar-refractivity contribution in [1.82, 2.24) is 0 Å². The standard InChI is InChI=1S/Na.H2O3S.Ru.H/c;1-4(2)3;;/h;(H2,1,2,3);;/q+1;;;-1. The first-order chi connectivity index (χ1) is 1.73. The molecule has 0 unspecified atom stereocenters. The van der Waals surface area contributed by atoms with Gasteiger partial charge in [0, 0.05) is 19.5 Å². The van der Waals surface area contributed by atoms with Gasteiger partial charge >= 0.3 is 29.6 Å². The maximum atomic E-state index is 8.67. The monoisotopic (exact) mass is 208 g/mol. The fraction of sp³-hybridized carbons (Fsp3) is 0. The first-order valence-electron chi connectivity index (χ1n) is 0.532. The molecule has 0 aliphatic carbocycles. The maximum Gasteiger partial charge on any atom is 1.00 e. The van der Waals surface area contributed by atoms with Crippen LogP contribution in [0.25, 0.3) is 0 Å². The molecule has 0 saturated heterocycles. The van der Waals surface area contributed by atoms with Crippen LogP contribution >= 0.6 is 0 Å². The van der Waals surface area contributed by atoms with Gasteiger partial charge in [-0.2, -0.15) is 4.21 Å². The van der Waals surface area contributed by atoms with Gasteiger partial charge in [0.1, 0.15) is 0 Å². The molecule has 36 valence electrons. The summed E-state index contributed by atoms with van der Waals surface area (Å²) in [4.78, 5) is 0. The van der Waals surface area contributed by atoms with Crippen molar-refractivity contribution in [3.8, 4) is 0 Å². The maximum absolute atomic E-state index is 8.67. The summed E-state index contributed by atoms with van der Waals surface area (Å²) in [6, 6.07) is 0. The number of rotatable bonds is 0. The summed E-state index contributed by atoms with van der Waals surface area (Å²) in [5.74, 6) is 0. The average molecular weight is 207 g/mol. The van der Waals surface area contributed by atoms with Gasteiger partial charge in [0.15, 0.2) is 0 Å². The summed E-state index contributed by atoms with van der Waals surface area (Å²) < 4.78 is 22.8. The van der Waals surface area contributed by atoms with Gasteiger partial charge in [-0.1, -0.05) is 0 Å². The second kappa shape index (κ2) is 9.85. The van der Waals surface area contributed by atoms with Crippen LogP contribution in [0.5, 0.6) is 0 Å². The predicted molar refractivity (Wildman–Crippen MR) is 14.5 cm³/mol. The van der Waals surface area contributed by atoms with Gasteiger partial charge in [0.25, 0.3) is 11.4 Å². The van der Waals surface area contributed by atoms with Crippen LogP contribution in [-0.4, -0.2) is 13.3 Å². The Morgan fingerprint density at radius 2 is 1.50 bits per heavy atom. The van der Waals surface area contributed by atoms with Crippen molar-refractivity contribution in [2.24, 2.45) is 0 Å². The molecule has 0 atom stereocenters. The van der Waals surface area contributed by atoms with Crippen molar-refractivity contribution < 1.29 is 63.8 Å². The zero-order valence-electron chi connectivity index (χ0n) is 4.06. The molecule has 0 aliphatic heterocycles. The quantitative estimate of drug-likeness (QED) is 0.325. The Morgan fingerprint density at radius 3 is 1.50 bits per heavy atom. The molecule has 0 aromatic carbocycles. The zero-order valence-corrected chi connectivity index (χ0v) is 7.62. The molecule has 0 spiro atoms. The van der Waals surface area contributed by atoms with Gasteiger partial charge < -0.3 is 1.43 Å². The molecule has 0 heterocycles. The normalized spacial score (nSPS) is 5.83. The van der Waals surface area contributed by atoms with Crippen molar-refractivity contribution in [3.63, 3.8) is 0 Å². The van der Waals surface area contributed by atoms with Crippen LogP contribution in [0.3, 0.4) is 0 Å². The van der Waals surface area contributed by atoms with E-state index in [0.717, 1.165) is 0 Å². The molecule has 0 fully saturated rings. The Kier molecular flexibility index (Phi) is 25.7. The minimum absolute atomic E-state index is 0. The van der Waals surface area contributed by atoms with Crippen molar-refractivity contribution in [2.45, 2.75) is 0 Å². The van der Waals surface area contributed by atoms with Crippen molar-refractivity contribution in [2.75, 3.05) is 0 Å². The summed E-state index contributed by atoms with van der Waals surface area (Å²) >= 11 is -2.61. The topological polar surface area (TPSA) is 57.5 Å². The Morgan fingerprint density at radius 1 is 1.50 bits per heavy atom. The van der Waals surface area contributed by atoms with Crippen LogP contribution in [0.2, 0.25) is 0 Å². The summed E-state index contributed by atoms with van der Waals surface area (Å²) in [6.45, 7) is 0. The van der Waals surface area contributed by atoms with Gasteiger partial charge in [-0.25, -0.2) is 0 Å². The van der Waals surface area contributed by atoms with E-state index in [0.29, 0.717) is 0 Å². The predicted octanol–water partition coefficient (Wildman–Crippen LogP) is -3.20. The molecule has 0 aromatic rings. The third-order valence-corrected chi connectivity index (χ3v) is 0. The van der Waals surface area contributed by atoms with Gasteiger partial charge in [-0.15, -0.1) is 0 Å². The molecule has 0 aromatic heterocycles. The van der Waals surface area contributed by atoms with Crippen LogP contribution in [0, 0.1) is 0 Å². The summed E-state index contributed by atoms with van der Waals surface area (Å²) in [6.07, 6.45) is 0. The molecule has 2 N–H and O–H groups in total. The third-order valence-electron chi connectivity index (χ3n) is 0. The second-order valence-corrected chi connectivity index (χ2v) is 0.692. The Labute approximate surface area is 74.5 Å². The summed E-state index contributed by atoms with van der Waals surface area (Å²) in [5, 5.41) is 0. The van der Waals surface area contributed by atoms with E-state index >= 15 is 0 Å². The Balaban J connectivity index is -0.0000000150. The minimum Gasteiger partial charge on any atom is -1.00 e. The van der Waals surface area contributed by atoms with Gasteiger partial charge in [-0.3, -0.25) is 9.11 Å². The Hall–Kier alpha value is 1.69. The average Bonchev–Trinajstić information content (AvgIpc) is 0.811. The van der Waals surface area contributed by atoms with Crippen LogP contribution in [0.15, 0.2) is 0 Å². The van der Waals surface area contributed by atoms with Gasteiger partial charge in [0.05, 0.1) is 0 Å². The fourth-order valence-corrected chi connectivity index (χ4v) is 0. The van der Waals surface area contributed by atoms with E-state index in [1.54, 1.807) is 0 Å². The summed E-state index contributed by atoms with van der Waals surface area (Å²) in [5.41, 5.74) is 0. The summed E-state index contributed by atoms with van der Waals surface area (Å²) in [7, 11) is 0. The van der Waals surface area contributed by atoms with E-state index in [-0.39, 0.29) is 50.5 Å². The smallest absolute Gasteiger partial charge is 1.00 e. The number of hydrogen-bond donors (Lipinski definition) is 2. The van der Waals surface area contributed by atoms with E-state index in [2.05, 4.69) is 0 Å². The molecule has 6 heteroatoms. The molecular weight excluding hydrogens is 204 g/mol. The molecular formula is H3NaO3RuS. The van der Waals surface area contributed by atoms with Crippen molar-refractivity contribution >= 4 is 11.4 Å². The first kappa shape index (κ1) is 15.6. The number of hydrogen-bond acceptors (Lipinski definition) is 1. The molecule has 6 heavy (non-hydrogen) atoms. The Bertz CT molecular complexity index is 37.9. The molecule has 0 bridgehead atoms. The largest absolute Gasteiger partial charge is 1.00 e. The van der Waals surface area contributed by atoms with E-state index in [4.69, 9.17) is 13.3 Å². The van der Waals surface area contributed by atoms with Crippen molar-refractivity contribution in [3.05, 3.63) is 0 Å². The molecule has 0 aliphatic rings. The molecule has 3 nitrogen and oxygen atoms in total. The van der Waals surface area contributed by atoms with E-state index in [1.807, 2.05) is 0 Å². The van der Waals surface area contributed by atoms with Crippen molar-refractivity contribution in [1.29, 1.82) is 0 Å². The van der Waals surface area contributed by atoms with Gasteiger partial charge in [-0.05, 0) is 0 Å². The van der Waals surface area contributed by atoms with Gasteiger partial charge in [0.2, 0.25) is 0 Å². The minimum atomic E-state index is -2.61. The van der Waals surface area contributed by atoms with E-state index in [9.17, 15) is 0 Å². The third kappa shape index (κ3) is 43.7. The fourth-order valence-electron chi connectivity index (χ4n) is 0. The first-order valence-corrected chi connectivity index (χ1v) is 1.60. The molecule has 0 rings (SSSR count). The molecule has 0 amide bonds. The second-order valence-electron chi connectivity index (χ2n) is 0.231. The van der Waals surface area contributed by atoms with E-state index < -0.39 is 11.4 Å². The van der Waals surface area contributed by atoms with Crippen LogP contribution in [-0.2, 0) is 30.8 Å². The van der Waals surface area contributed by atoms with Crippen LogP contribution < -0.4 is 29.6 Å². The molecule has 0 radical (unpaired) electrons.